The highest BCUT2D eigenvalue weighted by Crippen LogP contribution is 2.32. The maximum absolute atomic E-state index is 12.8. The number of thiazole rings is 1. The zero-order valence-electron chi connectivity index (χ0n) is 19.0. The molecule has 2 heterocycles. The van der Waals surface area contributed by atoms with Crippen LogP contribution in [-0.4, -0.2) is 41.9 Å². The molecule has 0 spiro atoms. The Bertz CT molecular complexity index is 1090. The van der Waals surface area contributed by atoms with Crippen LogP contribution in [0.1, 0.15) is 29.7 Å². The molecular weight excluding hydrogens is 434 g/mol. The van der Waals surface area contributed by atoms with Crippen LogP contribution in [0, 0.1) is 12.8 Å². The summed E-state index contributed by atoms with van der Waals surface area (Å²) in [4.78, 5) is 33.0. The van der Waals surface area contributed by atoms with Gasteiger partial charge in [0.2, 0.25) is 11.8 Å². The van der Waals surface area contributed by atoms with Crippen molar-refractivity contribution in [3.8, 4) is 17.0 Å². The second-order valence-corrected chi connectivity index (χ2v) is 9.49. The summed E-state index contributed by atoms with van der Waals surface area (Å²) >= 11 is 1.48. The van der Waals surface area contributed by atoms with Gasteiger partial charge in [0.25, 0.3) is 0 Å². The molecule has 0 radical (unpaired) electrons. The molecule has 4 rings (SSSR count). The van der Waals surface area contributed by atoms with E-state index in [1.165, 1.54) is 16.9 Å². The smallest absolute Gasteiger partial charge is 0.229 e. The molecule has 1 N–H and O–H groups in total. The first-order chi connectivity index (χ1) is 16.0. The van der Waals surface area contributed by atoms with Gasteiger partial charge < -0.3 is 15.0 Å². The minimum atomic E-state index is -0.100. The van der Waals surface area contributed by atoms with Crippen molar-refractivity contribution in [2.45, 2.75) is 32.6 Å². The highest BCUT2D eigenvalue weighted by Gasteiger charge is 2.28. The van der Waals surface area contributed by atoms with Gasteiger partial charge in [-0.25, -0.2) is 4.98 Å². The summed E-state index contributed by atoms with van der Waals surface area (Å²) in [6.07, 6.45) is 2.62. The average Bonchev–Trinajstić information content (AvgIpc) is 3.23. The van der Waals surface area contributed by atoms with E-state index < -0.39 is 0 Å². The number of nitrogens with one attached hydrogen (secondary N) is 1. The number of hydrogen-bond donors (Lipinski definition) is 1. The molecule has 2 amide bonds. The first-order valence-corrected chi connectivity index (χ1v) is 12.1. The molecule has 1 aliphatic heterocycles. The molecule has 3 aromatic rings. The van der Waals surface area contributed by atoms with Crippen LogP contribution in [0.2, 0.25) is 0 Å². The summed E-state index contributed by atoms with van der Waals surface area (Å²) in [5.74, 6) is 0.848. The molecule has 1 aromatic heterocycles. The molecular formula is C26H29N3O3S. The summed E-state index contributed by atoms with van der Waals surface area (Å²) in [6.45, 7) is 3.26. The molecule has 0 saturated carbocycles. The number of nitrogens with zero attached hydrogens (tertiary/aromatic N) is 2. The van der Waals surface area contributed by atoms with Gasteiger partial charge in [0.05, 0.1) is 12.8 Å². The van der Waals surface area contributed by atoms with Gasteiger partial charge >= 0.3 is 0 Å². The number of hydrogen-bond acceptors (Lipinski definition) is 5. The van der Waals surface area contributed by atoms with E-state index in [-0.39, 0.29) is 17.7 Å². The third kappa shape index (κ3) is 5.79. The largest absolute Gasteiger partial charge is 0.497 e. The molecule has 33 heavy (non-hydrogen) atoms. The van der Waals surface area contributed by atoms with Gasteiger partial charge in [-0.1, -0.05) is 30.3 Å². The first kappa shape index (κ1) is 23.0. The number of likely N-dealkylation sites (tertiary alicyclic amines) is 1. The lowest BCUT2D eigenvalue weighted by molar-refractivity contribution is -0.134. The Kier molecular flexibility index (Phi) is 7.40. The fraction of sp³-hybridized carbons (Fsp3) is 0.346. The van der Waals surface area contributed by atoms with Crippen LogP contribution in [0.5, 0.6) is 5.75 Å². The Labute approximate surface area is 198 Å². The second-order valence-electron chi connectivity index (χ2n) is 8.28. The number of piperidine rings is 1. The Morgan fingerprint density at radius 1 is 1.09 bits per heavy atom. The molecule has 1 saturated heterocycles. The monoisotopic (exact) mass is 463 g/mol. The molecule has 6 nitrogen and oxygen atoms in total. The van der Waals surface area contributed by atoms with Crippen molar-refractivity contribution in [2.75, 3.05) is 25.5 Å². The lowest BCUT2D eigenvalue weighted by Gasteiger charge is -2.31. The number of carbonyl (C=O) groups is 2. The SMILES string of the molecule is COc1ccc(-c2nc(NC(=O)C3CCN(C(=O)CCc4ccccc4)CC3)sc2C)cc1. The van der Waals surface area contributed by atoms with E-state index in [1.54, 1.807) is 7.11 Å². The van der Waals surface area contributed by atoms with E-state index in [9.17, 15) is 9.59 Å². The summed E-state index contributed by atoms with van der Waals surface area (Å²) in [5.41, 5.74) is 3.04. The van der Waals surface area contributed by atoms with Crippen LogP contribution in [0.3, 0.4) is 0 Å². The molecule has 1 aliphatic rings. The molecule has 2 aromatic carbocycles. The van der Waals surface area contributed by atoms with E-state index in [0.717, 1.165) is 28.3 Å². The van der Waals surface area contributed by atoms with E-state index in [2.05, 4.69) is 10.3 Å². The Morgan fingerprint density at radius 2 is 1.79 bits per heavy atom. The van der Waals surface area contributed by atoms with E-state index in [0.29, 0.717) is 37.5 Å². The van der Waals surface area contributed by atoms with Gasteiger partial charge in [-0.05, 0) is 56.0 Å². The van der Waals surface area contributed by atoms with Gasteiger partial charge in [0, 0.05) is 35.9 Å². The standard InChI is InChI=1S/C26H29N3O3S/c1-18-24(20-9-11-22(32-2)12-10-20)27-26(33-18)28-25(31)21-14-16-29(17-15-21)23(30)13-8-19-6-4-3-5-7-19/h3-7,9-12,21H,8,13-17H2,1-2H3,(H,27,28,31). The van der Waals surface area contributed by atoms with Crippen molar-refractivity contribution < 1.29 is 14.3 Å². The molecule has 1 fully saturated rings. The van der Waals surface area contributed by atoms with Gasteiger partial charge in [0.15, 0.2) is 5.13 Å². The van der Waals surface area contributed by atoms with E-state index in [4.69, 9.17) is 4.74 Å². The first-order valence-electron chi connectivity index (χ1n) is 11.3. The van der Waals surface area contributed by atoms with Crippen LogP contribution in [0.15, 0.2) is 54.6 Å². The second kappa shape index (κ2) is 10.6. The third-order valence-corrected chi connectivity index (χ3v) is 6.97. The molecule has 0 aliphatic carbocycles. The average molecular weight is 464 g/mol. The quantitative estimate of drug-likeness (QED) is 0.539. The van der Waals surface area contributed by atoms with E-state index in [1.807, 2.05) is 66.4 Å². The highest BCUT2D eigenvalue weighted by molar-refractivity contribution is 7.16. The van der Waals surface area contributed by atoms with Crippen LogP contribution in [0.4, 0.5) is 5.13 Å². The fourth-order valence-electron chi connectivity index (χ4n) is 4.12. The third-order valence-electron chi connectivity index (χ3n) is 6.08. The van der Waals surface area contributed by atoms with Crippen LogP contribution >= 0.6 is 11.3 Å². The van der Waals surface area contributed by atoms with Crippen LogP contribution in [-0.2, 0) is 16.0 Å². The lowest BCUT2D eigenvalue weighted by Crippen LogP contribution is -2.41. The van der Waals surface area contributed by atoms with Crippen molar-refractivity contribution >= 4 is 28.3 Å². The number of benzene rings is 2. The number of carbonyl (C=O) groups excluding carboxylic acids is 2. The number of aromatic nitrogens is 1. The predicted molar refractivity (Wildman–Crippen MR) is 132 cm³/mol. The summed E-state index contributed by atoms with van der Waals surface area (Å²) in [7, 11) is 1.64. The molecule has 0 bridgehead atoms. The maximum Gasteiger partial charge on any atom is 0.229 e. The van der Waals surface area contributed by atoms with Gasteiger partial charge in [-0.15, -0.1) is 11.3 Å². The molecule has 0 atom stereocenters. The topological polar surface area (TPSA) is 71.5 Å². The van der Waals surface area contributed by atoms with Crippen LogP contribution in [0.25, 0.3) is 11.3 Å². The summed E-state index contributed by atoms with van der Waals surface area (Å²) in [6, 6.07) is 17.8. The number of aryl methyl sites for hydroxylation is 2. The normalized spacial score (nSPS) is 14.2. The lowest BCUT2D eigenvalue weighted by atomic mass is 9.95. The van der Waals surface area contributed by atoms with Crippen molar-refractivity contribution in [3.05, 3.63) is 65.0 Å². The predicted octanol–water partition coefficient (Wildman–Crippen LogP) is 4.94. The fourth-order valence-corrected chi connectivity index (χ4v) is 4.96. The zero-order valence-corrected chi connectivity index (χ0v) is 19.9. The number of methoxy groups -OCH3 is 1. The molecule has 0 unspecified atom stereocenters. The molecule has 7 heteroatoms. The number of anilines is 1. The van der Waals surface area contributed by atoms with Gasteiger partial charge in [-0.3, -0.25) is 9.59 Å². The molecule has 172 valence electrons. The Hall–Kier alpha value is -3.19. The van der Waals surface area contributed by atoms with Crippen molar-refractivity contribution in [3.63, 3.8) is 0 Å². The minimum Gasteiger partial charge on any atom is -0.497 e. The number of amides is 2. The van der Waals surface area contributed by atoms with Gasteiger partial charge in [0.1, 0.15) is 5.75 Å². The summed E-state index contributed by atoms with van der Waals surface area (Å²) < 4.78 is 5.22. The Balaban J connectivity index is 1.28. The number of rotatable bonds is 7. The van der Waals surface area contributed by atoms with Crippen molar-refractivity contribution in [2.24, 2.45) is 5.92 Å². The Morgan fingerprint density at radius 3 is 2.45 bits per heavy atom. The minimum absolute atomic E-state index is 0.0126. The highest BCUT2D eigenvalue weighted by atomic mass is 32.1. The summed E-state index contributed by atoms with van der Waals surface area (Å²) in [5, 5.41) is 3.61. The van der Waals surface area contributed by atoms with Gasteiger partial charge in [-0.2, -0.15) is 0 Å². The van der Waals surface area contributed by atoms with E-state index >= 15 is 0 Å². The zero-order chi connectivity index (χ0) is 23.2. The number of ether oxygens (including phenoxy) is 1. The maximum atomic E-state index is 12.8. The van der Waals surface area contributed by atoms with Crippen molar-refractivity contribution in [1.82, 2.24) is 9.88 Å². The van der Waals surface area contributed by atoms with Crippen LogP contribution < -0.4 is 10.1 Å². The van der Waals surface area contributed by atoms with Crippen molar-refractivity contribution in [1.29, 1.82) is 0 Å².